The summed E-state index contributed by atoms with van der Waals surface area (Å²) >= 11 is 0. The molecule has 1 aliphatic rings. The van der Waals surface area contributed by atoms with Crippen molar-refractivity contribution in [1.82, 2.24) is 4.72 Å². The first-order chi connectivity index (χ1) is 12.8. The Balaban J connectivity index is 2.03. The molecule has 7 nitrogen and oxygen atoms in total. The van der Waals surface area contributed by atoms with Gasteiger partial charge < -0.3 is 0 Å². The first kappa shape index (κ1) is 18.9. The van der Waals surface area contributed by atoms with Gasteiger partial charge in [0.25, 0.3) is 5.69 Å². The Morgan fingerprint density at radius 2 is 1.85 bits per heavy atom. The van der Waals surface area contributed by atoms with Gasteiger partial charge in [0.05, 0.1) is 15.9 Å². The van der Waals surface area contributed by atoms with Gasteiger partial charge in [-0.05, 0) is 31.0 Å². The Labute approximate surface area is 156 Å². The normalized spacial score (nSPS) is 15.4. The fourth-order valence-corrected chi connectivity index (χ4v) is 4.17. The van der Waals surface area contributed by atoms with Crippen LogP contribution >= 0.6 is 0 Å². The highest BCUT2D eigenvalue weighted by molar-refractivity contribution is 7.89. The molecule has 27 heavy (non-hydrogen) atoms. The first-order valence-electron chi connectivity index (χ1n) is 8.34. The number of carbonyl (C=O) groups excluding carboxylic acids is 1. The topological polar surface area (TPSA) is 106 Å². The third-order valence-corrected chi connectivity index (χ3v) is 5.83. The number of nitrogens with one attached hydrogen (secondary N) is 1. The van der Waals surface area contributed by atoms with Gasteiger partial charge in [-0.3, -0.25) is 14.9 Å². The zero-order valence-corrected chi connectivity index (χ0v) is 15.4. The van der Waals surface area contributed by atoms with Crippen molar-refractivity contribution in [1.29, 1.82) is 0 Å². The fourth-order valence-electron chi connectivity index (χ4n) is 2.97. The molecule has 1 atom stereocenters. The maximum absolute atomic E-state index is 12.8. The van der Waals surface area contributed by atoms with E-state index in [0.29, 0.717) is 24.0 Å². The molecule has 0 bridgehead atoms. The van der Waals surface area contributed by atoms with Crippen LogP contribution in [0.15, 0.2) is 65.1 Å². The first-order valence-corrected chi connectivity index (χ1v) is 9.83. The van der Waals surface area contributed by atoms with Crippen LogP contribution in [0.1, 0.15) is 30.0 Å². The largest absolute Gasteiger partial charge is 0.294 e. The Hall–Kier alpha value is -2.84. The van der Waals surface area contributed by atoms with Crippen molar-refractivity contribution < 1.29 is 18.1 Å². The lowest BCUT2D eigenvalue weighted by molar-refractivity contribution is -0.384. The molecule has 0 saturated carbocycles. The molecule has 0 aromatic heterocycles. The molecule has 1 aliphatic carbocycles. The predicted molar refractivity (Wildman–Crippen MR) is 99.7 cm³/mol. The molecule has 0 aliphatic heterocycles. The monoisotopic (exact) mass is 386 g/mol. The van der Waals surface area contributed by atoms with Crippen molar-refractivity contribution in [3.63, 3.8) is 0 Å². The SMILES string of the molecule is Cc1ccc(S(=O)(=O)NC(C2=CCCC2=O)c2cccc([N+](=O)[O-])c2)cc1. The lowest BCUT2D eigenvalue weighted by Gasteiger charge is -2.20. The predicted octanol–water partition coefficient (Wildman–Crippen LogP) is 3.21. The smallest absolute Gasteiger partial charge is 0.269 e. The van der Waals surface area contributed by atoms with E-state index in [1.54, 1.807) is 24.3 Å². The molecular weight excluding hydrogens is 368 g/mol. The van der Waals surface area contributed by atoms with Crippen molar-refractivity contribution in [2.24, 2.45) is 0 Å². The zero-order chi connectivity index (χ0) is 19.6. The van der Waals surface area contributed by atoms with Crippen molar-refractivity contribution >= 4 is 21.5 Å². The van der Waals surface area contributed by atoms with Crippen LogP contribution in [-0.4, -0.2) is 19.1 Å². The molecule has 0 radical (unpaired) electrons. The van der Waals surface area contributed by atoms with Crippen molar-refractivity contribution in [3.8, 4) is 0 Å². The minimum atomic E-state index is -3.93. The number of carbonyl (C=O) groups is 1. The average Bonchev–Trinajstić information content (AvgIpc) is 3.06. The number of benzene rings is 2. The number of Topliss-reactive ketones (excluding diaryl/α,β-unsaturated/α-hetero) is 1. The second kappa shape index (κ2) is 7.42. The van der Waals surface area contributed by atoms with E-state index in [9.17, 15) is 23.3 Å². The van der Waals surface area contributed by atoms with Crippen LogP contribution in [0, 0.1) is 17.0 Å². The van der Waals surface area contributed by atoms with Crippen LogP contribution in [0.4, 0.5) is 5.69 Å². The second-order valence-corrected chi connectivity index (χ2v) is 8.05. The standard InChI is InChI=1S/C19H18N2O5S/c1-13-8-10-16(11-9-13)27(25,26)20-19(17-6-3-7-18(17)22)14-4-2-5-15(12-14)21(23)24/h2,4-6,8-12,19-20H,3,7H2,1H3. The molecule has 1 N–H and O–H groups in total. The summed E-state index contributed by atoms with van der Waals surface area (Å²) < 4.78 is 28.2. The average molecular weight is 386 g/mol. The van der Waals surface area contributed by atoms with Crippen LogP contribution in [-0.2, 0) is 14.8 Å². The van der Waals surface area contributed by atoms with Crippen LogP contribution in [0.3, 0.4) is 0 Å². The molecule has 0 fully saturated rings. The fraction of sp³-hybridized carbons (Fsp3) is 0.211. The van der Waals surface area contributed by atoms with Crippen molar-refractivity contribution in [3.05, 3.63) is 81.4 Å². The van der Waals surface area contributed by atoms with Gasteiger partial charge >= 0.3 is 0 Å². The number of hydrogen-bond donors (Lipinski definition) is 1. The molecule has 0 saturated heterocycles. The Bertz CT molecular complexity index is 1030. The van der Waals surface area contributed by atoms with Crippen molar-refractivity contribution in [2.45, 2.75) is 30.7 Å². The molecule has 1 unspecified atom stereocenters. The number of hydrogen-bond acceptors (Lipinski definition) is 5. The number of rotatable bonds is 6. The van der Waals surface area contributed by atoms with Crippen molar-refractivity contribution in [2.75, 3.05) is 0 Å². The molecule has 0 spiro atoms. The molecule has 0 amide bonds. The van der Waals surface area contributed by atoms with E-state index in [1.165, 1.54) is 30.3 Å². The number of ketones is 1. The van der Waals surface area contributed by atoms with E-state index in [-0.39, 0.29) is 16.4 Å². The summed E-state index contributed by atoms with van der Waals surface area (Å²) in [6, 6.07) is 11.0. The highest BCUT2D eigenvalue weighted by Crippen LogP contribution is 2.31. The second-order valence-electron chi connectivity index (χ2n) is 6.34. The Kier molecular flexibility index (Phi) is 5.20. The number of nitro groups is 1. The quantitative estimate of drug-likeness (QED) is 0.606. The minimum Gasteiger partial charge on any atom is -0.294 e. The number of allylic oxidation sites excluding steroid dienone is 1. The van der Waals surface area contributed by atoms with Crippen LogP contribution in [0.5, 0.6) is 0 Å². The van der Waals surface area contributed by atoms with E-state index in [4.69, 9.17) is 0 Å². The molecule has 140 valence electrons. The molecule has 2 aromatic rings. The zero-order valence-electron chi connectivity index (χ0n) is 14.6. The molecule has 8 heteroatoms. The van der Waals surface area contributed by atoms with E-state index >= 15 is 0 Å². The van der Waals surface area contributed by atoms with Crippen LogP contribution in [0.25, 0.3) is 0 Å². The summed E-state index contributed by atoms with van der Waals surface area (Å²) in [5.74, 6) is -0.168. The Morgan fingerprint density at radius 3 is 2.44 bits per heavy atom. The van der Waals surface area contributed by atoms with Gasteiger partial charge in [-0.25, -0.2) is 8.42 Å². The highest BCUT2D eigenvalue weighted by atomic mass is 32.2. The van der Waals surface area contributed by atoms with E-state index in [1.807, 2.05) is 6.92 Å². The summed E-state index contributed by atoms with van der Waals surface area (Å²) in [5, 5.41) is 11.1. The highest BCUT2D eigenvalue weighted by Gasteiger charge is 2.30. The summed E-state index contributed by atoms with van der Waals surface area (Å²) in [4.78, 5) is 22.8. The maximum Gasteiger partial charge on any atom is 0.269 e. The van der Waals surface area contributed by atoms with E-state index in [0.717, 1.165) is 5.56 Å². The summed E-state index contributed by atoms with van der Waals surface area (Å²) in [6.45, 7) is 1.84. The van der Waals surface area contributed by atoms with Crippen LogP contribution in [0.2, 0.25) is 0 Å². The number of non-ortho nitro benzene ring substituents is 1. The maximum atomic E-state index is 12.8. The van der Waals surface area contributed by atoms with Gasteiger partial charge in [-0.15, -0.1) is 0 Å². The molecule has 2 aromatic carbocycles. The van der Waals surface area contributed by atoms with Gasteiger partial charge in [0.2, 0.25) is 10.0 Å². The lowest BCUT2D eigenvalue weighted by atomic mass is 9.98. The molecule has 3 rings (SSSR count). The summed E-state index contributed by atoms with van der Waals surface area (Å²) in [7, 11) is -3.93. The van der Waals surface area contributed by atoms with Gasteiger partial charge in [0.15, 0.2) is 5.78 Å². The minimum absolute atomic E-state index is 0.0644. The number of sulfonamides is 1. The van der Waals surface area contributed by atoms with Gasteiger partial charge in [-0.2, -0.15) is 4.72 Å². The summed E-state index contributed by atoms with van der Waals surface area (Å²) in [5.41, 5.74) is 1.41. The van der Waals surface area contributed by atoms with Gasteiger partial charge in [0.1, 0.15) is 0 Å². The number of nitrogens with zero attached hydrogens (tertiary/aromatic N) is 1. The summed E-state index contributed by atoms with van der Waals surface area (Å²) in [6.07, 6.45) is 2.50. The van der Waals surface area contributed by atoms with E-state index < -0.39 is 21.0 Å². The van der Waals surface area contributed by atoms with Crippen LogP contribution < -0.4 is 4.72 Å². The van der Waals surface area contributed by atoms with E-state index in [2.05, 4.69) is 4.72 Å². The lowest BCUT2D eigenvalue weighted by Crippen LogP contribution is -2.31. The number of aryl methyl sites for hydroxylation is 1. The van der Waals surface area contributed by atoms with Gasteiger partial charge in [-0.1, -0.05) is 35.9 Å². The Morgan fingerprint density at radius 1 is 1.15 bits per heavy atom. The molecule has 0 heterocycles. The molecular formula is C19H18N2O5S. The third kappa shape index (κ3) is 4.12. The van der Waals surface area contributed by atoms with Gasteiger partial charge in [0, 0.05) is 24.1 Å². The number of nitro benzene ring substituents is 1. The third-order valence-electron chi connectivity index (χ3n) is 4.39.